The van der Waals surface area contributed by atoms with Crippen molar-refractivity contribution >= 4 is 41.4 Å². The van der Waals surface area contributed by atoms with Gasteiger partial charge in [-0.05, 0) is 35.4 Å². The molecule has 2 aromatic rings. The molecule has 0 amide bonds. The number of aromatic nitrogens is 1. The monoisotopic (exact) mass is 273 g/mol. The minimum absolute atomic E-state index is 0. The smallest absolute Gasteiger partial charge is 0.335 e. The predicted octanol–water partition coefficient (Wildman–Crippen LogP) is 3.64. The number of benzene rings is 1. The SMILES string of the molecule is Cl.O=C(O)C1=CC=Cc2ccc3[nH]ccc3c2C=C1. The van der Waals surface area contributed by atoms with Crippen LogP contribution in [0.5, 0.6) is 0 Å². The Morgan fingerprint density at radius 2 is 1.95 bits per heavy atom. The fourth-order valence-electron chi connectivity index (χ4n) is 2.13. The van der Waals surface area contributed by atoms with Crippen molar-refractivity contribution in [2.45, 2.75) is 0 Å². The Labute approximate surface area is 116 Å². The van der Waals surface area contributed by atoms with Crippen LogP contribution >= 0.6 is 12.4 Å². The molecule has 0 saturated carbocycles. The van der Waals surface area contributed by atoms with Crippen LogP contribution in [0.25, 0.3) is 23.1 Å². The lowest BCUT2D eigenvalue weighted by atomic mass is 9.99. The summed E-state index contributed by atoms with van der Waals surface area (Å²) in [5, 5.41) is 10.1. The molecular weight excluding hydrogens is 262 g/mol. The summed E-state index contributed by atoms with van der Waals surface area (Å²) in [6.07, 6.45) is 10.7. The zero-order valence-corrected chi connectivity index (χ0v) is 10.8. The van der Waals surface area contributed by atoms with Crippen molar-refractivity contribution in [1.29, 1.82) is 0 Å². The van der Waals surface area contributed by atoms with E-state index in [4.69, 9.17) is 5.11 Å². The molecule has 0 atom stereocenters. The van der Waals surface area contributed by atoms with Crippen molar-refractivity contribution in [3.8, 4) is 0 Å². The third-order valence-corrected chi connectivity index (χ3v) is 3.04. The van der Waals surface area contributed by atoms with Crippen molar-refractivity contribution in [1.82, 2.24) is 4.98 Å². The summed E-state index contributed by atoms with van der Waals surface area (Å²) in [7, 11) is 0. The molecule has 0 radical (unpaired) electrons. The van der Waals surface area contributed by atoms with Gasteiger partial charge >= 0.3 is 5.97 Å². The molecular formula is C15H12ClNO2. The lowest BCUT2D eigenvalue weighted by Gasteiger charge is -2.05. The number of allylic oxidation sites excluding steroid dienone is 2. The van der Waals surface area contributed by atoms with Gasteiger partial charge in [-0.1, -0.05) is 24.3 Å². The molecule has 1 heterocycles. The van der Waals surface area contributed by atoms with Crippen molar-refractivity contribution in [2.24, 2.45) is 0 Å². The van der Waals surface area contributed by atoms with Gasteiger partial charge in [-0.25, -0.2) is 4.79 Å². The minimum atomic E-state index is -0.916. The van der Waals surface area contributed by atoms with Crippen molar-refractivity contribution in [3.63, 3.8) is 0 Å². The van der Waals surface area contributed by atoms with Crippen molar-refractivity contribution in [2.75, 3.05) is 0 Å². The largest absolute Gasteiger partial charge is 0.478 e. The fourth-order valence-corrected chi connectivity index (χ4v) is 2.13. The molecule has 2 N–H and O–H groups in total. The maximum atomic E-state index is 11.0. The first-order chi connectivity index (χ1) is 8.75. The quantitative estimate of drug-likeness (QED) is 0.833. The Kier molecular flexibility index (Phi) is 3.58. The number of carboxylic acids is 1. The maximum absolute atomic E-state index is 11.0. The first kappa shape index (κ1) is 13.2. The molecule has 0 saturated heterocycles. The van der Waals surface area contributed by atoms with Gasteiger partial charge in [-0.2, -0.15) is 0 Å². The van der Waals surface area contributed by atoms with E-state index >= 15 is 0 Å². The Balaban J connectivity index is 0.00000133. The second-order valence-electron chi connectivity index (χ2n) is 4.13. The first-order valence-corrected chi connectivity index (χ1v) is 5.65. The second kappa shape index (κ2) is 5.16. The average Bonchev–Trinajstić information content (AvgIpc) is 2.77. The van der Waals surface area contributed by atoms with Gasteiger partial charge in [0.1, 0.15) is 0 Å². The highest BCUT2D eigenvalue weighted by atomic mass is 35.5. The van der Waals surface area contributed by atoms with Gasteiger partial charge in [0.25, 0.3) is 0 Å². The summed E-state index contributed by atoms with van der Waals surface area (Å²) in [5.74, 6) is -0.916. The van der Waals surface area contributed by atoms with E-state index in [-0.39, 0.29) is 18.0 Å². The number of H-pyrrole nitrogens is 1. The van der Waals surface area contributed by atoms with E-state index in [1.807, 2.05) is 36.5 Å². The third-order valence-electron chi connectivity index (χ3n) is 3.04. The highest BCUT2D eigenvalue weighted by Crippen LogP contribution is 2.25. The molecule has 0 spiro atoms. The molecule has 4 heteroatoms. The zero-order valence-electron chi connectivity index (χ0n) is 9.96. The van der Waals surface area contributed by atoms with Crippen LogP contribution in [0, 0.1) is 0 Å². The summed E-state index contributed by atoms with van der Waals surface area (Å²) in [6.45, 7) is 0. The summed E-state index contributed by atoms with van der Waals surface area (Å²) in [4.78, 5) is 14.1. The highest BCUT2D eigenvalue weighted by Gasteiger charge is 2.07. The average molecular weight is 274 g/mol. The number of hydrogen-bond acceptors (Lipinski definition) is 1. The molecule has 0 bridgehead atoms. The standard InChI is InChI=1S/C15H11NO2.ClH/c17-15(18)11-3-1-2-10-5-7-14-13(8-9-16-14)12(10)6-4-11;/h1-9,16H,(H,17,18);1H. The van der Waals surface area contributed by atoms with Crippen molar-refractivity contribution < 1.29 is 9.90 Å². The van der Waals surface area contributed by atoms with Gasteiger partial charge in [0, 0.05) is 17.1 Å². The predicted molar refractivity (Wildman–Crippen MR) is 79.3 cm³/mol. The molecule has 96 valence electrons. The van der Waals surface area contributed by atoms with Gasteiger partial charge in [-0.15, -0.1) is 12.4 Å². The molecule has 1 aliphatic carbocycles. The Bertz CT molecular complexity index is 723. The van der Waals surface area contributed by atoms with E-state index in [9.17, 15) is 4.79 Å². The number of nitrogens with one attached hydrogen (secondary N) is 1. The van der Waals surface area contributed by atoms with Crippen LogP contribution < -0.4 is 0 Å². The lowest BCUT2D eigenvalue weighted by Crippen LogP contribution is -1.97. The fraction of sp³-hybridized carbons (Fsp3) is 0. The molecule has 3 nitrogen and oxygen atoms in total. The number of halogens is 1. The number of hydrogen-bond donors (Lipinski definition) is 2. The number of carboxylic acid groups (broad SMARTS) is 1. The Hall–Kier alpha value is -2.26. The summed E-state index contributed by atoms with van der Waals surface area (Å²) < 4.78 is 0. The van der Waals surface area contributed by atoms with Crippen LogP contribution in [0.2, 0.25) is 0 Å². The van der Waals surface area contributed by atoms with E-state index in [0.717, 1.165) is 22.0 Å². The van der Waals surface area contributed by atoms with E-state index in [0.29, 0.717) is 0 Å². The van der Waals surface area contributed by atoms with Gasteiger partial charge in [0.05, 0.1) is 5.57 Å². The van der Waals surface area contributed by atoms with Crippen LogP contribution in [-0.2, 0) is 4.79 Å². The van der Waals surface area contributed by atoms with Crippen LogP contribution in [0.1, 0.15) is 11.1 Å². The zero-order chi connectivity index (χ0) is 12.5. The molecule has 1 aliphatic rings. The van der Waals surface area contributed by atoms with Crippen LogP contribution in [-0.4, -0.2) is 16.1 Å². The van der Waals surface area contributed by atoms with Crippen LogP contribution in [0.15, 0.2) is 48.2 Å². The minimum Gasteiger partial charge on any atom is -0.478 e. The first-order valence-electron chi connectivity index (χ1n) is 5.65. The van der Waals surface area contributed by atoms with Crippen LogP contribution in [0.4, 0.5) is 0 Å². The lowest BCUT2D eigenvalue weighted by molar-refractivity contribution is -0.132. The number of rotatable bonds is 1. The molecule has 0 fully saturated rings. The molecule has 0 unspecified atom stereocenters. The normalized spacial score (nSPS) is 13.2. The highest BCUT2D eigenvalue weighted by molar-refractivity contribution is 5.97. The van der Waals surface area contributed by atoms with Gasteiger partial charge in [0.15, 0.2) is 0 Å². The summed E-state index contributed by atoms with van der Waals surface area (Å²) in [6, 6.07) is 6.04. The molecule has 1 aromatic heterocycles. The van der Waals surface area contributed by atoms with E-state index in [1.165, 1.54) is 0 Å². The van der Waals surface area contributed by atoms with Crippen LogP contribution in [0.3, 0.4) is 0 Å². The number of fused-ring (bicyclic) bond motifs is 3. The van der Waals surface area contributed by atoms with E-state index in [2.05, 4.69) is 4.98 Å². The summed E-state index contributed by atoms with van der Waals surface area (Å²) >= 11 is 0. The molecule has 19 heavy (non-hydrogen) atoms. The summed E-state index contributed by atoms with van der Waals surface area (Å²) in [5.41, 5.74) is 3.45. The van der Waals surface area contributed by atoms with E-state index in [1.54, 1.807) is 18.2 Å². The molecule has 0 aliphatic heterocycles. The third kappa shape index (κ3) is 2.33. The molecule has 1 aromatic carbocycles. The van der Waals surface area contributed by atoms with E-state index < -0.39 is 5.97 Å². The van der Waals surface area contributed by atoms with Gasteiger partial charge < -0.3 is 10.1 Å². The van der Waals surface area contributed by atoms with Gasteiger partial charge in [-0.3, -0.25) is 0 Å². The number of aromatic amines is 1. The topological polar surface area (TPSA) is 53.1 Å². The van der Waals surface area contributed by atoms with Gasteiger partial charge in [0.2, 0.25) is 0 Å². The van der Waals surface area contributed by atoms with Crippen molar-refractivity contribution in [3.05, 3.63) is 59.3 Å². The number of carbonyl (C=O) groups is 1. The maximum Gasteiger partial charge on any atom is 0.335 e. The Morgan fingerprint density at radius 1 is 1.11 bits per heavy atom. The molecule has 3 rings (SSSR count). The Morgan fingerprint density at radius 3 is 2.74 bits per heavy atom. The number of aliphatic carboxylic acids is 1. The second-order valence-corrected chi connectivity index (χ2v) is 4.13.